The Hall–Kier alpha value is -0.900. The molecule has 14 heavy (non-hydrogen) atoms. The monoisotopic (exact) mass is 201 g/mol. The quantitative estimate of drug-likeness (QED) is 0.646. The Labute approximate surface area is 84.7 Å². The summed E-state index contributed by atoms with van der Waals surface area (Å²) in [5.41, 5.74) is 0. The van der Waals surface area contributed by atoms with Gasteiger partial charge in [-0.1, -0.05) is 20.8 Å². The van der Waals surface area contributed by atoms with Gasteiger partial charge in [-0.2, -0.15) is 0 Å². The first kappa shape index (κ1) is 13.1. The predicted octanol–water partition coefficient (Wildman–Crippen LogP) is 1.05. The van der Waals surface area contributed by atoms with Crippen LogP contribution in [0.25, 0.3) is 0 Å². The first-order valence-corrected chi connectivity index (χ1v) is 4.98. The number of rotatable bonds is 7. The van der Waals surface area contributed by atoms with Crippen LogP contribution in [-0.4, -0.2) is 29.4 Å². The van der Waals surface area contributed by atoms with Crippen molar-refractivity contribution in [2.45, 2.75) is 39.7 Å². The summed E-state index contributed by atoms with van der Waals surface area (Å²) in [7, 11) is 0. The maximum absolute atomic E-state index is 11.6. The molecule has 0 spiro atoms. The highest BCUT2D eigenvalue weighted by atomic mass is 16.4. The minimum Gasteiger partial charge on any atom is -0.481 e. The fourth-order valence-electron chi connectivity index (χ4n) is 1.26. The number of hydrogen-bond donors (Lipinski definition) is 2. The molecule has 82 valence electrons. The molecule has 0 rings (SSSR count). The van der Waals surface area contributed by atoms with Crippen molar-refractivity contribution in [3.63, 3.8) is 0 Å². The minimum absolute atomic E-state index is 0.0378. The SMILES string of the molecule is CCNC(CCC(=O)O)C(=O)C(C)C. The van der Waals surface area contributed by atoms with Crippen LogP contribution in [0.15, 0.2) is 0 Å². The van der Waals surface area contributed by atoms with Gasteiger partial charge >= 0.3 is 5.97 Å². The second kappa shape index (κ2) is 6.54. The van der Waals surface area contributed by atoms with Gasteiger partial charge in [-0.15, -0.1) is 0 Å². The molecule has 0 aromatic carbocycles. The number of ketones is 1. The normalized spacial score (nSPS) is 12.9. The summed E-state index contributed by atoms with van der Waals surface area (Å²) >= 11 is 0. The highest BCUT2D eigenvalue weighted by Crippen LogP contribution is 2.05. The van der Waals surface area contributed by atoms with Crippen molar-refractivity contribution in [2.75, 3.05) is 6.54 Å². The average molecular weight is 201 g/mol. The van der Waals surface area contributed by atoms with Crippen molar-refractivity contribution in [3.8, 4) is 0 Å². The van der Waals surface area contributed by atoms with Crippen LogP contribution in [0.2, 0.25) is 0 Å². The summed E-state index contributed by atoms with van der Waals surface area (Å²) in [4.78, 5) is 22.0. The smallest absolute Gasteiger partial charge is 0.303 e. The molecule has 1 unspecified atom stereocenters. The van der Waals surface area contributed by atoms with Gasteiger partial charge in [-0.05, 0) is 13.0 Å². The molecule has 0 aliphatic rings. The predicted molar refractivity (Wildman–Crippen MR) is 54.2 cm³/mol. The van der Waals surface area contributed by atoms with Crippen LogP contribution in [-0.2, 0) is 9.59 Å². The molecule has 0 aromatic rings. The molecule has 0 heterocycles. The number of nitrogens with one attached hydrogen (secondary N) is 1. The molecule has 0 aliphatic carbocycles. The third-order valence-electron chi connectivity index (χ3n) is 2.01. The van der Waals surface area contributed by atoms with E-state index in [9.17, 15) is 9.59 Å². The number of hydrogen-bond acceptors (Lipinski definition) is 3. The maximum Gasteiger partial charge on any atom is 0.303 e. The Bertz CT molecular complexity index is 202. The largest absolute Gasteiger partial charge is 0.481 e. The molecule has 0 fully saturated rings. The van der Waals surface area contributed by atoms with Gasteiger partial charge < -0.3 is 10.4 Å². The first-order valence-electron chi connectivity index (χ1n) is 4.98. The lowest BCUT2D eigenvalue weighted by molar-refractivity contribution is -0.137. The third kappa shape index (κ3) is 4.97. The van der Waals surface area contributed by atoms with E-state index in [1.165, 1.54) is 0 Å². The van der Waals surface area contributed by atoms with Crippen LogP contribution in [0.3, 0.4) is 0 Å². The lowest BCUT2D eigenvalue weighted by atomic mass is 9.98. The number of carboxylic acid groups (broad SMARTS) is 1. The zero-order valence-corrected chi connectivity index (χ0v) is 9.04. The first-order chi connectivity index (χ1) is 6.49. The Morgan fingerprint density at radius 2 is 1.93 bits per heavy atom. The molecule has 1 atom stereocenters. The summed E-state index contributed by atoms with van der Waals surface area (Å²) < 4.78 is 0. The molecule has 4 nitrogen and oxygen atoms in total. The van der Waals surface area contributed by atoms with E-state index >= 15 is 0 Å². The molecule has 0 amide bonds. The molecule has 0 saturated heterocycles. The van der Waals surface area contributed by atoms with Gasteiger partial charge in [0.05, 0.1) is 6.04 Å². The highest BCUT2D eigenvalue weighted by Gasteiger charge is 2.20. The van der Waals surface area contributed by atoms with E-state index in [1.807, 2.05) is 20.8 Å². The van der Waals surface area contributed by atoms with E-state index in [2.05, 4.69) is 5.32 Å². The Morgan fingerprint density at radius 3 is 2.29 bits per heavy atom. The maximum atomic E-state index is 11.6. The van der Waals surface area contributed by atoms with Gasteiger partial charge in [0.1, 0.15) is 0 Å². The molecular weight excluding hydrogens is 182 g/mol. The lowest BCUT2D eigenvalue weighted by Crippen LogP contribution is -2.39. The van der Waals surface area contributed by atoms with Crippen LogP contribution in [0.1, 0.15) is 33.6 Å². The van der Waals surface area contributed by atoms with Crippen molar-refractivity contribution in [2.24, 2.45) is 5.92 Å². The minimum atomic E-state index is -0.857. The lowest BCUT2D eigenvalue weighted by Gasteiger charge is -2.17. The van der Waals surface area contributed by atoms with Gasteiger partial charge in [0.2, 0.25) is 0 Å². The molecular formula is C10H19NO3. The van der Waals surface area contributed by atoms with E-state index in [4.69, 9.17) is 5.11 Å². The number of aliphatic carboxylic acids is 1. The van der Waals surface area contributed by atoms with Crippen molar-refractivity contribution >= 4 is 11.8 Å². The van der Waals surface area contributed by atoms with Crippen LogP contribution < -0.4 is 5.32 Å². The third-order valence-corrected chi connectivity index (χ3v) is 2.01. The van der Waals surface area contributed by atoms with Crippen LogP contribution in [0.5, 0.6) is 0 Å². The summed E-state index contributed by atoms with van der Waals surface area (Å²) in [5, 5.41) is 11.5. The van der Waals surface area contributed by atoms with Crippen molar-refractivity contribution in [3.05, 3.63) is 0 Å². The van der Waals surface area contributed by atoms with Crippen molar-refractivity contribution < 1.29 is 14.7 Å². The van der Waals surface area contributed by atoms with E-state index in [1.54, 1.807) is 0 Å². The zero-order chi connectivity index (χ0) is 11.1. The number of carbonyl (C=O) groups is 2. The van der Waals surface area contributed by atoms with Gasteiger partial charge in [0.25, 0.3) is 0 Å². The van der Waals surface area contributed by atoms with Gasteiger partial charge in [0.15, 0.2) is 5.78 Å². The van der Waals surface area contributed by atoms with E-state index in [0.29, 0.717) is 13.0 Å². The molecule has 4 heteroatoms. The standard InChI is InChI=1S/C10H19NO3/c1-4-11-8(5-6-9(12)13)10(14)7(2)3/h7-8,11H,4-6H2,1-3H3,(H,12,13). The van der Waals surface area contributed by atoms with Crippen LogP contribution in [0.4, 0.5) is 0 Å². The van der Waals surface area contributed by atoms with E-state index in [0.717, 1.165) is 0 Å². The average Bonchev–Trinajstić information content (AvgIpc) is 2.10. The van der Waals surface area contributed by atoms with E-state index in [-0.39, 0.29) is 24.2 Å². The highest BCUT2D eigenvalue weighted by molar-refractivity contribution is 5.86. The van der Waals surface area contributed by atoms with Crippen LogP contribution >= 0.6 is 0 Å². The second-order valence-corrected chi connectivity index (χ2v) is 3.60. The number of Topliss-reactive ketones (excluding diaryl/α,β-unsaturated/α-hetero) is 1. The van der Waals surface area contributed by atoms with E-state index < -0.39 is 5.97 Å². The number of likely N-dealkylation sites (N-methyl/N-ethyl adjacent to an activating group) is 1. The molecule has 0 aromatic heterocycles. The summed E-state index contributed by atoms with van der Waals surface area (Å²) in [6.07, 6.45) is 0.413. The second-order valence-electron chi connectivity index (χ2n) is 3.60. The molecule has 0 radical (unpaired) electrons. The van der Waals surface area contributed by atoms with Gasteiger partial charge in [-0.3, -0.25) is 9.59 Å². The van der Waals surface area contributed by atoms with Gasteiger partial charge in [-0.25, -0.2) is 0 Å². The van der Waals surface area contributed by atoms with Crippen LogP contribution in [0, 0.1) is 5.92 Å². The number of carboxylic acids is 1. The Balaban J connectivity index is 4.14. The van der Waals surface area contributed by atoms with Gasteiger partial charge in [0, 0.05) is 12.3 Å². The Kier molecular flexibility index (Phi) is 6.12. The molecule has 0 aliphatic heterocycles. The summed E-state index contributed by atoms with van der Waals surface area (Å²) in [6, 6.07) is -0.309. The van der Waals surface area contributed by atoms with Crippen molar-refractivity contribution in [1.82, 2.24) is 5.32 Å². The fraction of sp³-hybridized carbons (Fsp3) is 0.800. The zero-order valence-electron chi connectivity index (χ0n) is 9.04. The number of carbonyl (C=O) groups excluding carboxylic acids is 1. The molecule has 2 N–H and O–H groups in total. The van der Waals surface area contributed by atoms with Crippen molar-refractivity contribution in [1.29, 1.82) is 0 Å². The molecule has 0 bridgehead atoms. The fourth-order valence-corrected chi connectivity index (χ4v) is 1.26. The Morgan fingerprint density at radius 1 is 1.36 bits per heavy atom. The summed E-state index contributed by atoms with van der Waals surface area (Å²) in [6.45, 7) is 6.24. The summed E-state index contributed by atoms with van der Waals surface area (Å²) in [5.74, 6) is -0.814. The topological polar surface area (TPSA) is 66.4 Å². The molecule has 0 saturated carbocycles.